The van der Waals surface area contributed by atoms with E-state index in [4.69, 9.17) is 4.74 Å². The first-order chi connectivity index (χ1) is 12.5. The first kappa shape index (κ1) is 17.4. The molecule has 8 heteroatoms. The number of anilines is 1. The fraction of sp³-hybridized carbons (Fsp3) is 0.222. The number of non-ortho nitro benzene ring substituents is 1. The highest BCUT2D eigenvalue weighted by Gasteiger charge is 2.23. The molecule has 0 saturated heterocycles. The fourth-order valence-electron chi connectivity index (χ4n) is 2.21. The predicted molar refractivity (Wildman–Crippen MR) is 94.2 cm³/mol. The van der Waals surface area contributed by atoms with Crippen molar-refractivity contribution in [3.63, 3.8) is 0 Å². The molecule has 2 aromatic rings. The molecule has 2 aromatic carbocycles. The maximum Gasteiger partial charge on any atom is 0.269 e. The molecule has 0 radical (unpaired) electrons. The van der Waals surface area contributed by atoms with Crippen LogP contribution in [0.25, 0.3) is 0 Å². The molecule has 1 aliphatic rings. The van der Waals surface area contributed by atoms with E-state index in [2.05, 4.69) is 10.6 Å². The fourth-order valence-corrected chi connectivity index (χ4v) is 2.21. The summed E-state index contributed by atoms with van der Waals surface area (Å²) in [6, 6.07) is 12.3. The van der Waals surface area contributed by atoms with Crippen LogP contribution in [0, 0.1) is 10.1 Å². The Balaban J connectivity index is 1.48. The van der Waals surface area contributed by atoms with E-state index < -0.39 is 4.92 Å². The SMILES string of the molecule is O=C(COc1ccc([N+](=O)[O-])cc1)Nc1ccc(C(=O)NC2CC2)cc1. The van der Waals surface area contributed by atoms with Gasteiger partial charge in [0.05, 0.1) is 4.92 Å². The Morgan fingerprint density at radius 2 is 1.73 bits per heavy atom. The minimum absolute atomic E-state index is 0.0485. The first-order valence-electron chi connectivity index (χ1n) is 8.09. The molecule has 1 saturated carbocycles. The largest absolute Gasteiger partial charge is 0.484 e. The highest BCUT2D eigenvalue weighted by atomic mass is 16.6. The van der Waals surface area contributed by atoms with Crippen molar-refractivity contribution < 1.29 is 19.2 Å². The van der Waals surface area contributed by atoms with Crippen molar-refractivity contribution in [2.24, 2.45) is 0 Å². The van der Waals surface area contributed by atoms with Gasteiger partial charge in [-0.05, 0) is 49.2 Å². The number of hydrogen-bond donors (Lipinski definition) is 2. The molecule has 0 aliphatic heterocycles. The van der Waals surface area contributed by atoms with E-state index in [-0.39, 0.29) is 24.1 Å². The molecule has 8 nitrogen and oxygen atoms in total. The van der Waals surface area contributed by atoms with Gasteiger partial charge in [0, 0.05) is 29.4 Å². The number of nitrogens with zero attached hydrogens (tertiary/aromatic N) is 1. The monoisotopic (exact) mass is 355 g/mol. The molecule has 2 amide bonds. The minimum Gasteiger partial charge on any atom is -0.484 e. The van der Waals surface area contributed by atoms with E-state index in [1.54, 1.807) is 24.3 Å². The van der Waals surface area contributed by atoms with Crippen LogP contribution in [-0.2, 0) is 4.79 Å². The number of hydrogen-bond acceptors (Lipinski definition) is 5. The van der Waals surface area contributed by atoms with Crippen molar-refractivity contribution in [1.29, 1.82) is 0 Å². The molecule has 3 rings (SSSR count). The van der Waals surface area contributed by atoms with Crippen molar-refractivity contribution in [3.8, 4) is 5.75 Å². The van der Waals surface area contributed by atoms with E-state index in [1.807, 2.05) is 0 Å². The molecule has 0 heterocycles. The number of rotatable bonds is 7. The first-order valence-corrected chi connectivity index (χ1v) is 8.09. The lowest BCUT2D eigenvalue weighted by molar-refractivity contribution is -0.384. The summed E-state index contributed by atoms with van der Waals surface area (Å²) < 4.78 is 5.29. The van der Waals surface area contributed by atoms with Crippen molar-refractivity contribution in [2.45, 2.75) is 18.9 Å². The Bertz CT molecular complexity index is 814. The van der Waals surface area contributed by atoms with Crippen LogP contribution in [0.1, 0.15) is 23.2 Å². The van der Waals surface area contributed by atoms with Gasteiger partial charge >= 0.3 is 0 Å². The van der Waals surface area contributed by atoms with Crippen molar-refractivity contribution in [2.75, 3.05) is 11.9 Å². The number of nitro benzene ring substituents is 1. The number of ether oxygens (including phenoxy) is 1. The number of amides is 2. The van der Waals surface area contributed by atoms with E-state index in [1.165, 1.54) is 24.3 Å². The summed E-state index contributed by atoms with van der Waals surface area (Å²) >= 11 is 0. The molecule has 0 atom stereocenters. The van der Waals surface area contributed by atoms with E-state index in [9.17, 15) is 19.7 Å². The minimum atomic E-state index is -0.509. The highest BCUT2D eigenvalue weighted by Crippen LogP contribution is 2.20. The van der Waals surface area contributed by atoms with Crippen LogP contribution in [0.4, 0.5) is 11.4 Å². The smallest absolute Gasteiger partial charge is 0.269 e. The molecule has 26 heavy (non-hydrogen) atoms. The third kappa shape index (κ3) is 4.79. The van der Waals surface area contributed by atoms with E-state index in [0.717, 1.165) is 12.8 Å². The molecule has 2 N–H and O–H groups in total. The number of carbonyl (C=O) groups is 2. The lowest BCUT2D eigenvalue weighted by Crippen LogP contribution is -2.25. The maximum absolute atomic E-state index is 11.9. The van der Waals surface area contributed by atoms with Crippen LogP contribution in [0.2, 0.25) is 0 Å². The van der Waals surface area contributed by atoms with Crippen LogP contribution >= 0.6 is 0 Å². The second kappa shape index (κ2) is 7.64. The molecule has 1 aliphatic carbocycles. The van der Waals surface area contributed by atoms with Crippen LogP contribution < -0.4 is 15.4 Å². The molecule has 0 unspecified atom stereocenters. The van der Waals surface area contributed by atoms with Gasteiger partial charge in [-0.25, -0.2) is 0 Å². The molecule has 0 bridgehead atoms. The van der Waals surface area contributed by atoms with Crippen molar-refractivity contribution >= 4 is 23.2 Å². The lowest BCUT2D eigenvalue weighted by Gasteiger charge is -2.08. The number of benzene rings is 2. The Labute approximate surface area is 149 Å². The molecule has 134 valence electrons. The quantitative estimate of drug-likeness (QED) is 0.586. The average molecular weight is 355 g/mol. The summed E-state index contributed by atoms with van der Waals surface area (Å²) in [5, 5.41) is 16.1. The summed E-state index contributed by atoms with van der Waals surface area (Å²) in [5.41, 5.74) is 1.04. The van der Waals surface area contributed by atoms with Gasteiger partial charge in [0.15, 0.2) is 6.61 Å². The van der Waals surface area contributed by atoms with Crippen LogP contribution in [0.15, 0.2) is 48.5 Å². The number of carbonyl (C=O) groups excluding carboxylic acids is 2. The zero-order chi connectivity index (χ0) is 18.5. The molecular weight excluding hydrogens is 338 g/mol. The number of nitrogens with one attached hydrogen (secondary N) is 2. The van der Waals surface area contributed by atoms with Gasteiger partial charge in [0.2, 0.25) is 0 Å². The summed E-state index contributed by atoms with van der Waals surface area (Å²) in [4.78, 5) is 33.9. The third-order valence-electron chi connectivity index (χ3n) is 3.76. The molecule has 0 spiro atoms. The van der Waals surface area contributed by atoms with Crippen LogP contribution in [0.3, 0.4) is 0 Å². The van der Waals surface area contributed by atoms with Gasteiger partial charge < -0.3 is 15.4 Å². The third-order valence-corrected chi connectivity index (χ3v) is 3.76. The normalized spacial score (nSPS) is 12.9. The van der Waals surface area contributed by atoms with Gasteiger partial charge in [-0.15, -0.1) is 0 Å². The van der Waals surface area contributed by atoms with E-state index in [0.29, 0.717) is 23.0 Å². The molecule has 0 aromatic heterocycles. The van der Waals surface area contributed by atoms with Crippen molar-refractivity contribution in [1.82, 2.24) is 5.32 Å². The number of nitro groups is 1. The summed E-state index contributed by atoms with van der Waals surface area (Å²) in [5.74, 6) is -0.136. The second-order valence-corrected chi connectivity index (χ2v) is 5.91. The lowest BCUT2D eigenvalue weighted by atomic mass is 10.2. The van der Waals surface area contributed by atoms with Gasteiger partial charge in [-0.1, -0.05) is 0 Å². The summed E-state index contributed by atoms with van der Waals surface area (Å²) in [6.45, 7) is -0.234. The highest BCUT2D eigenvalue weighted by molar-refractivity contribution is 5.96. The van der Waals surface area contributed by atoms with Gasteiger partial charge in [0.25, 0.3) is 17.5 Å². The summed E-state index contributed by atoms with van der Waals surface area (Å²) in [6.07, 6.45) is 2.04. The van der Waals surface area contributed by atoms with Crippen LogP contribution in [-0.4, -0.2) is 29.4 Å². The Kier molecular flexibility index (Phi) is 5.12. The zero-order valence-electron chi connectivity index (χ0n) is 13.8. The standard InChI is InChI=1S/C18H17N3O5/c22-17(11-26-16-9-7-15(8-10-16)21(24)25)19-13-3-1-12(2-4-13)18(23)20-14-5-6-14/h1-4,7-10,14H,5-6,11H2,(H,19,22)(H,20,23). The van der Waals surface area contributed by atoms with Crippen LogP contribution in [0.5, 0.6) is 5.75 Å². The average Bonchev–Trinajstić information content (AvgIpc) is 3.45. The van der Waals surface area contributed by atoms with E-state index >= 15 is 0 Å². The Morgan fingerprint density at radius 1 is 1.08 bits per heavy atom. The van der Waals surface area contributed by atoms with Gasteiger partial charge in [-0.2, -0.15) is 0 Å². The zero-order valence-corrected chi connectivity index (χ0v) is 13.8. The predicted octanol–water partition coefficient (Wildman–Crippen LogP) is 2.50. The van der Waals surface area contributed by atoms with Gasteiger partial charge in [-0.3, -0.25) is 19.7 Å². The Morgan fingerprint density at radius 3 is 2.31 bits per heavy atom. The molecular formula is C18H17N3O5. The molecule has 1 fully saturated rings. The summed E-state index contributed by atoms with van der Waals surface area (Å²) in [7, 11) is 0. The second-order valence-electron chi connectivity index (χ2n) is 5.91. The maximum atomic E-state index is 11.9. The van der Waals surface area contributed by atoms with Gasteiger partial charge in [0.1, 0.15) is 5.75 Å². The Hall–Kier alpha value is -3.42. The topological polar surface area (TPSA) is 111 Å². The van der Waals surface area contributed by atoms with Crippen molar-refractivity contribution in [3.05, 3.63) is 64.2 Å².